The zero-order valence-corrected chi connectivity index (χ0v) is 20.1. The highest BCUT2D eigenvalue weighted by Gasteiger charge is 2.37. The van der Waals surface area contributed by atoms with Gasteiger partial charge in [-0.1, -0.05) is 60.3 Å². The molecule has 0 radical (unpaired) electrons. The maximum Gasteiger partial charge on any atom is 0.338 e. The van der Waals surface area contributed by atoms with E-state index in [1.165, 1.54) is 4.80 Å². The lowest BCUT2D eigenvalue weighted by Gasteiger charge is -2.36. The number of fused-ring (bicyclic) bond motifs is 1. The predicted octanol–water partition coefficient (Wildman–Crippen LogP) is 5.98. The Morgan fingerprint density at radius 1 is 1.03 bits per heavy atom. The van der Waals surface area contributed by atoms with Crippen LogP contribution in [0.2, 0.25) is 0 Å². The number of carbonyl (C=O) groups is 1. The summed E-state index contributed by atoms with van der Waals surface area (Å²) in [7, 11) is 0. The Labute approximate surface area is 189 Å². The van der Waals surface area contributed by atoms with Crippen molar-refractivity contribution >= 4 is 17.0 Å². The zero-order valence-electron chi connectivity index (χ0n) is 20.1. The fourth-order valence-electron chi connectivity index (χ4n) is 3.71. The van der Waals surface area contributed by atoms with Crippen molar-refractivity contribution < 1.29 is 14.6 Å². The maximum absolute atomic E-state index is 12.6. The summed E-state index contributed by atoms with van der Waals surface area (Å²) in [5.41, 5.74) is 2.92. The lowest BCUT2D eigenvalue weighted by molar-refractivity contribution is -0.130. The van der Waals surface area contributed by atoms with Gasteiger partial charge in [0, 0.05) is 22.8 Å². The van der Waals surface area contributed by atoms with E-state index in [2.05, 4.69) is 58.3 Å². The largest absolute Gasteiger partial charge is 0.505 e. The number of phenols is 1. The number of nitrogens with zero attached hydrogens (tertiary/aromatic N) is 3. The Kier molecular flexibility index (Phi) is 6.18. The second-order valence-corrected chi connectivity index (χ2v) is 9.62. The minimum atomic E-state index is -0.506. The summed E-state index contributed by atoms with van der Waals surface area (Å²) in [5, 5.41) is 20.7. The third kappa shape index (κ3) is 4.14. The van der Waals surface area contributed by atoms with E-state index in [4.69, 9.17) is 4.74 Å². The van der Waals surface area contributed by atoms with Crippen LogP contribution in [0.15, 0.2) is 42.5 Å². The Morgan fingerprint density at radius 2 is 1.53 bits per heavy atom. The summed E-state index contributed by atoms with van der Waals surface area (Å²) in [6, 6.07) is 9.17. The van der Waals surface area contributed by atoms with Gasteiger partial charge in [-0.15, -0.1) is 15.0 Å². The number of rotatable bonds is 7. The van der Waals surface area contributed by atoms with E-state index >= 15 is 0 Å². The predicted molar refractivity (Wildman–Crippen MR) is 128 cm³/mol. The van der Waals surface area contributed by atoms with Crippen molar-refractivity contribution in [3.05, 3.63) is 53.6 Å². The van der Waals surface area contributed by atoms with Crippen LogP contribution < -0.4 is 4.74 Å². The van der Waals surface area contributed by atoms with Crippen molar-refractivity contribution in [1.82, 2.24) is 15.0 Å². The molecule has 1 N–H and O–H groups in total. The average molecular weight is 436 g/mol. The summed E-state index contributed by atoms with van der Waals surface area (Å²) in [6.07, 6.45) is 1.57. The number of phenolic OH excluding ortho intramolecular Hbond substituents is 1. The molecule has 6 heteroatoms. The fourth-order valence-corrected chi connectivity index (χ4v) is 3.71. The number of ether oxygens (including phenoxy) is 1. The topological polar surface area (TPSA) is 77.2 Å². The molecule has 3 rings (SSSR count). The molecule has 0 aliphatic rings. The van der Waals surface area contributed by atoms with E-state index in [9.17, 15) is 9.90 Å². The van der Waals surface area contributed by atoms with Crippen LogP contribution >= 0.6 is 0 Å². The van der Waals surface area contributed by atoms with E-state index < -0.39 is 11.4 Å². The van der Waals surface area contributed by atoms with Crippen LogP contribution in [-0.2, 0) is 15.6 Å². The Balaban J connectivity index is 2.42. The van der Waals surface area contributed by atoms with Gasteiger partial charge in [-0.3, -0.25) is 0 Å². The standard InChI is InChI=1S/C26H33N3O3/c1-9-25(5,6)21-20(32-24(31)16(3)4)15-19(23(30)22(21)26(7,8)10-2)29-27-17-13-11-12-14-18(17)28-29/h11-15,30H,3,9-10H2,1-2,4-8H3. The molecule has 3 aromatic rings. The van der Waals surface area contributed by atoms with Crippen molar-refractivity contribution in [2.75, 3.05) is 0 Å². The molecule has 6 nitrogen and oxygen atoms in total. The number of esters is 1. The highest BCUT2D eigenvalue weighted by Crippen LogP contribution is 2.49. The van der Waals surface area contributed by atoms with Crippen molar-refractivity contribution in [3.8, 4) is 17.2 Å². The Morgan fingerprint density at radius 3 is 2.00 bits per heavy atom. The van der Waals surface area contributed by atoms with Crippen LogP contribution in [0.1, 0.15) is 72.4 Å². The van der Waals surface area contributed by atoms with E-state index in [1.54, 1.807) is 13.0 Å². The van der Waals surface area contributed by atoms with Gasteiger partial charge < -0.3 is 9.84 Å². The molecule has 0 aliphatic heterocycles. The molecule has 0 aliphatic carbocycles. The first-order chi connectivity index (χ1) is 14.9. The normalized spacial score (nSPS) is 12.2. The van der Waals surface area contributed by atoms with Crippen molar-refractivity contribution in [2.24, 2.45) is 0 Å². The Hall–Kier alpha value is -3.15. The quantitative estimate of drug-likeness (QED) is 0.280. The molecule has 170 valence electrons. The molecule has 1 heterocycles. The fraction of sp³-hybridized carbons (Fsp3) is 0.423. The summed E-state index contributed by atoms with van der Waals surface area (Å²) >= 11 is 0. The molecule has 0 spiro atoms. The minimum absolute atomic E-state index is 0.101. The van der Waals surface area contributed by atoms with Crippen molar-refractivity contribution in [3.63, 3.8) is 0 Å². The van der Waals surface area contributed by atoms with Gasteiger partial charge in [0.1, 0.15) is 28.2 Å². The number of carbonyl (C=O) groups excluding carboxylic acids is 1. The number of benzene rings is 2. The molecule has 0 unspecified atom stereocenters. The Bertz CT molecular complexity index is 1160. The maximum atomic E-state index is 12.6. The molecule has 0 saturated carbocycles. The van der Waals surface area contributed by atoms with E-state index in [0.29, 0.717) is 28.0 Å². The smallest absolute Gasteiger partial charge is 0.338 e. The molecule has 0 fully saturated rings. The van der Waals surface area contributed by atoms with E-state index in [-0.39, 0.29) is 11.2 Å². The molecule has 0 amide bonds. The van der Waals surface area contributed by atoms with Gasteiger partial charge in [-0.25, -0.2) is 4.79 Å². The number of aromatic hydroxyl groups is 1. The summed E-state index contributed by atoms with van der Waals surface area (Å²) in [5.74, 6) is -0.00651. The lowest BCUT2D eigenvalue weighted by Crippen LogP contribution is -2.28. The van der Waals surface area contributed by atoms with Gasteiger partial charge >= 0.3 is 5.97 Å². The SMILES string of the molecule is C=C(C)C(=O)Oc1cc(-n2nc3ccccc3n2)c(O)c(C(C)(C)CC)c1C(C)(C)CC. The van der Waals surface area contributed by atoms with E-state index in [0.717, 1.165) is 24.0 Å². The highest BCUT2D eigenvalue weighted by molar-refractivity contribution is 5.89. The summed E-state index contributed by atoms with van der Waals surface area (Å²) in [6.45, 7) is 17.9. The highest BCUT2D eigenvalue weighted by atomic mass is 16.5. The van der Waals surface area contributed by atoms with Gasteiger partial charge in [0.25, 0.3) is 0 Å². The zero-order chi connectivity index (χ0) is 23.8. The van der Waals surface area contributed by atoms with Crippen LogP contribution in [-0.4, -0.2) is 26.1 Å². The molecule has 0 atom stereocenters. The molecule has 0 bridgehead atoms. The third-order valence-corrected chi connectivity index (χ3v) is 6.42. The van der Waals surface area contributed by atoms with Gasteiger partial charge in [-0.2, -0.15) is 0 Å². The van der Waals surface area contributed by atoms with Crippen LogP contribution in [0.5, 0.6) is 11.5 Å². The van der Waals surface area contributed by atoms with Crippen LogP contribution in [0, 0.1) is 0 Å². The number of hydrogen-bond donors (Lipinski definition) is 1. The molecule has 32 heavy (non-hydrogen) atoms. The third-order valence-electron chi connectivity index (χ3n) is 6.42. The van der Waals surface area contributed by atoms with Crippen molar-refractivity contribution in [1.29, 1.82) is 0 Å². The van der Waals surface area contributed by atoms with Gasteiger partial charge in [0.05, 0.1) is 0 Å². The average Bonchev–Trinajstić information content (AvgIpc) is 3.17. The summed E-state index contributed by atoms with van der Waals surface area (Å²) < 4.78 is 5.85. The molecular weight excluding hydrogens is 402 g/mol. The summed E-state index contributed by atoms with van der Waals surface area (Å²) in [4.78, 5) is 14.0. The lowest BCUT2D eigenvalue weighted by atomic mass is 9.70. The van der Waals surface area contributed by atoms with Crippen molar-refractivity contribution in [2.45, 2.75) is 72.1 Å². The van der Waals surface area contributed by atoms with Gasteiger partial charge in [-0.05, 0) is 42.7 Å². The molecule has 1 aromatic heterocycles. The first kappa shape index (κ1) is 23.5. The molecule has 0 saturated heterocycles. The van der Waals surface area contributed by atoms with Crippen LogP contribution in [0.3, 0.4) is 0 Å². The first-order valence-electron chi connectivity index (χ1n) is 11.0. The second-order valence-electron chi connectivity index (χ2n) is 9.62. The minimum Gasteiger partial charge on any atom is -0.505 e. The molecule has 2 aromatic carbocycles. The second kappa shape index (κ2) is 8.41. The first-order valence-corrected chi connectivity index (χ1v) is 11.0. The monoisotopic (exact) mass is 435 g/mol. The van der Waals surface area contributed by atoms with Crippen LogP contribution in [0.25, 0.3) is 16.7 Å². The van der Waals surface area contributed by atoms with Gasteiger partial charge in [0.2, 0.25) is 0 Å². The van der Waals surface area contributed by atoms with E-state index in [1.807, 2.05) is 24.3 Å². The van der Waals surface area contributed by atoms with Gasteiger partial charge in [0.15, 0.2) is 0 Å². The number of aromatic nitrogens is 3. The number of hydrogen-bond acceptors (Lipinski definition) is 5. The molecular formula is C26H33N3O3. The van der Waals surface area contributed by atoms with Crippen LogP contribution in [0.4, 0.5) is 0 Å².